The molecule has 0 saturated heterocycles. The molecule has 1 rings (SSSR count). The van der Waals surface area contributed by atoms with Gasteiger partial charge >= 0.3 is 0 Å². The van der Waals surface area contributed by atoms with Crippen LogP contribution in [0.1, 0.15) is 96.0 Å². The minimum absolute atomic E-state index is 0.144. The summed E-state index contributed by atoms with van der Waals surface area (Å²) >= 11 is 0. The zero-order valence-electron chi connectivity index (χ0n) is 24.7. The minimum Gasteiger partial charge on any atom is -0.368 e. The maximum absolute atomic E-state index is 6.33. The zero-order chi connectivity index (χ0) is 27.5. The van der Waals surface area contributed by atoms with E-state index in [1.165, 1.54) is 70.6 Å². The third kappa shape index (κ3) is 18.3. The van der Waals surface area contributed by atoms with Gasteiger partial charge in [-0.05, 0) is 12.0 Å². The van der Waals surface area contributed by atoms with E-state index in [1.54, 1.807) is 21.3 Å². The summed E-state index contributed by atoms with van der Waals surface area (Å²) in [6.07, 6.45) is 15.7. The maximum atomic E-state index is 6.33. The van der Waals surface area contributed by atoms with Crippen molar-refractivity contribution >= 4 is 0 Å². The first kappa shape index (κ1) is 35.0. The first-order chi connectivity index (χ1) is 18.8. The van der Waals surface area contributed by atoms with Crippen LogP contribution >= 0.6 is 0 Å². The number of hydrogen-bond acceptors (Lipinski definition) is 7. The van der Waals surface area contributed by atoms with Crippen molar-refractivity contribution < 1.29 is 33.2 Å². The summed E-state index contributed by atoms with van der Waals surface area (Å²) < 4.78 is 39.9. The van der Waals surface area contributed by atoms with Gasteiger partial charge in [-0.2, -0.15) is 0 Å². The Balaban J connectivity index is 2.60. The van der Waals surface area contributed by atoms with E-state index >= 15 is 0 Å². The summed E-state index contributed by atoms with van der Waals surface area (Å²) in [7, 11) is 4.86. The Morgan fingerprint density at radius 3 is 1.71 bits per heavy atom. The van der Waals surface area contributed by atoms with Gasteiger partial charge in [0.25, 0.3) is 0 Å². The van der Waals surface area contributed by atoms with Crippen LogP contribution in [0.4, 0.5) is 0 Å². The fourth-order valence-electron chi connectivity index (χ4n) is 4.55. The quantitative estimate of drug-likeness (QED) is 0.0818. The van der Waals surface area contributed by atoms with Crippen LogP contribution in [-0.4, -0.2) is 66.6 Å². The largest absolute Gasteiger partial charge is 0.368 e. The predicted molar refractivity (Wildman–Crippen MR) is 152 cm³/mol. The van der Waals surface area contributed by atoms with Gasteiger partial charge in [0, 0.05) is 21.3 Å². The number of rotatable bonds is 28. The Kier molecular flexibility index (Phi) is 24.1. The van der Waals surface area contributed by atoms with Crippen molar-refractivity contribution in [2.75, 3.05) is 48.3 Å². The number of unbranched alkanes of at least 4 members (excludes halogenated alkanes) is 11. The van der Waals surface area contributed by atoms with E-state index in [9.17, 15) is 0 Å². The Morgan fingerprint density at radius 1 is 0.579 bits per heavy atom. The molecule has 7 heteroatoms. The third-order valence-electron chi connectivity index (χ3n) is 6.64. The maximum Gasteiger partial charge on any atom is 0.146 e. The molecular formula is C31H56O7. The fourth-order valence-corrected chi connectivity index (χ4v) is 4.55. The highest BCUT2D eigenvalue weighted by atomic mass is 16.7. The second-order valence-electron chi connectivity index (χ2n) is 9.94. The average Bonchev–Trinajstić information content (AvgIpc) is 2.94. The van der Waals surface area contributed by atoms with Gasteiger partial charge in [0.2, 0.25) is 0 Å². The molecule has 0 heterocycles. The van der Waals surface area contributed by atoms with Gasteiger partial charge in [-0.3, -0.25) is 0 Å². The molecule has 0 saturated carbocycles. The number of ether oxygens (including phenoxy) is 7. The monoisotopic (exact) mass is 540 g/mol. The van der Waals surface area contributed by atoms with Gasteiger partial charge in [0.1, 0.15) is 32.6 Å². The SMILES string of the molecule is CCCCCCCCCCCCCC[C@H](OCOC)[C@@H](OCOC)[C@@H](COCOC)OCc1ccccc1. The second-order valence-corrected chi connectivity index (χ2v) is 9.94. The normalized spacial score (nSPS) is 14.0. The van der Waals surface area contributed by atoms with E-state index in [-0.39, 0.29) is 38.7 Å². The smallest absolute Gasteiger partial charge is 0.146 e. The summed E-state index contributed by atoms with van der Waals surface area (Å²) in [6.45, 7) is 3.56. The third-order valence-corrected chi connectivity index (χ3v) is 6.64. The Labute approximate surface area is 232 Å². The van der Waals surface area contributed by atoms with Crippen molar-refractivity contribution in [1.29, 1.82) is 0 Å². The van der Waals surface area contributed by atoms with E-state index < -0.39 is 0 Å². The number of benzene rings is 1. The minimum atomic E-state index is -0.377. The Hall–Kier alpha value is -1.06. The second kappa shape index (κ2) is 26.2. The fraction of sp³-hybridized carbons (Fsp3) is 0.806. The molecule has 0 aromatic heterocycles. The summed E-state index contributed by atoms with van der Waals surface area (Å²) in [4.78, 5) is 0. The molecule has 0 spiro atoms. The van der Waals surface area contributed by atoms with Crippen LogP contribution in [0.3, 0.4) is 0 Å². The van der Waals surface area contributed by atoms with Crippen LogP contribution in [0, 0.1) is 0 Å². The molecular weight excluding hydrogens is 484 g/mol. The van der Waals surface area contributed by atoms with Gasteiger partial charge in [-0.1, -0.05) is 114 Å². The molecule has 7 nitrogen and oxygen atoms in total. The molecule has 0 N–H and O–H groups in total. The number of methoxy groups -OCH3 is 3. The first-order valence-corrected chi connectivity index (χ1v) is 14.7. The number of hydrogen-bond donors (Lipinski definition) is 0. The van der Waals surface area contributed by atoms with Crippen molar-refractivity contribution in [3.05, 3.63) is 35.9 Å². The van der Waals surface area contributed by atoms with E-state index in [0.29, 0.717) is 13.2 Å². The summed E-state index contributed by atoms with van der Waals surface area (Å²) in [5, 5.41) is 0. The standard InChI is InChI=1S/C31H56O7/c1-5-6-7-8-9-10-11-12-13-14-15-19-22-29(37-26-33-3)31(38-27-34-4)30(24-35-25-32-2)36-23-28-20-17-16-18-21-28/h16-18,20-21,29-31H,5-15,19,22-27H2,1-4H3/t29-,30+,31+/m0/s1. The van der Waals surface area contributed by atoms with Crippen molar-refractivity contribution in [3.63, 3.8) is 0 Å². The highest BCUT2D eigenvalue weighted by Gasteiger charge is 2.32. The molecule has 0 aliphatic rings. The van der Waals surface area contributed by atoms with Crippen LogP contribution in [0.5, 0.6) is 0 Å². The van der Waals surface area contributed by atoms with Gasteiger partial charge in [0.15, 0.2) is 0 Å². The summed E-state index contributed by atoms with van der Waals surface area (Å²) in [5.41, 5.74) is 1.09. The van der Waals surface area contributed by atoms with Crippen LogP contribution in [0.15, 0.2) is 30.3 Å². The molecule has 0 unspecified atom stereocenters. The lowest BCUT2D eigenvalue weighted by Crippen LogP contribution is -2.46. The van der Waals surface area contributed by atoms with E-state index in [2.05, 4.69) is 6.92 Å². The lowest BCUT2D eigenvalue weighted by atomic mass is 10.00. The summed E-state index contributed by atoms with van der Waals surface area (Å²) in [6, 6.07) is 10.1. The van der Waals surface area contributed by atoms with Crippen LogP contribution in [-0.2, 0) is 39.8 Å². The van der Waals surface area contributed by atoms with Crippen molar-refractivity contribution in [1.82, 2.24) is 0 Å². The molecule has 0 aliphatic heterocycles. The molecule has 0 radical (unpaired) electrons. The van der Waals surface area contributed by atoms with Crippen molar-refractivity contribution in [2.45, 2.75) is 115 Å². The zero-order valence-corrected chi connectivity index (χ0v) is 24.7. The van der Waals surface area contributed by atoms with E-state index in [4.69, 9.17) is 33.2 Å². The highest BCUT2D eigenvalue weighted by molar-refractivity contribution is 5.13. The van der Waals surface area contributed by atoms with Gasteiger partial charge < -0.3 is 33.2 Å². The molecule has 0 amide bonds. The molecule has 0 bridgehead atoms. The Morgan fingerprint density at radius 2 is 1.13 bits per heavy atom. The van der Waals surface area contributed by atoms with E-state index in [0.717, 1.165) is 18.4 Å². The molecule has 0 aliphatic carbocycles. The van der Waals surface area contributed by atoms with E-state index in [1.807, 2.05) is 30.3 Å². The lowest BCUT2D eigenvalue weighted by molar-refractivity contribution is -0.210. The summed E-state index contributed by atoms with van der Waals surface area (Å²) in [5.74, 6) is 0. The van der Waals surface area contributed by atoms with Crippen molar-refractivity contribution in [3.8, 4) is 0 Å². The van der Waals surface area contributed by atoms with Crippen LogP contribution in [0.25, 0.3) is 0 Å². The topological polar surface area (TPSA) is 64.6 Å². The predicted octanol–water partition coefficient (Wildman–Crippen LogP) is 7.26. The van der Waals surface area contributed by atoms with Gasteiger partial charge in [-0.15, -0.1) is 0 Å². The first-order valence-electron chi connectivity index (χ1n) is 14.7. The Bertz CT molecular complexity index is 601. The molecule has 1 aromatic carbocycles. The average molecular weight is 541 g/mol. The molecule has 3 atom stereocenters. The van der Waals surface area contributed by atoms with Gasteiger partial charge in [0.05, 0.1) is 19.3 Å². The van der Waals surface area contributed by atoms with Crippen molar-refractivity contribution in [2.24, 2.45) is 0 Å². The van der Waals surface area contributed by atoms with Crippen LogP contribution in [0.2, 0.25) is 0 Å². The lowest BCUT2D eigenvalue weighted by Gasteiger charge is -2.33. The van der Waals surface area contributed by atoms with Crippen LogP contribution < -0.4 is 0 Å². The molecule has 38 heavy (non-hydrogen) atoms. The molecule has 0 fully saturated rings. The molecule has 1 aromatic rings. The highest BCUT2D eigenvalue weighted by Crippen LogP contribution is 2.21. The van der Waals surface area contributed by atoms with Gasteiger partial charge in [-0.25, -0.2) is 0 Å². The molecule has 222 valence electrons.